The van der Waals surface area contributed by atoms with Gasteiger partial charge in [0.2, 0.25) is 10.0 Å². The van der Waals surface area contributed by atoms with Crippen LogP contribution in [0, 0.1) is 30.1 Å². The third-order valence-corrected chi connectivity index (χ3v) is 11.9. The number of thiophene rings is 1. The molecule has 55 heavy (non-hydrogen) atoms. The van der Waals surface area contributed by atoms with Crippen LogP contribution in [0.2, 0.25) is 5.02 Å². The molecule has 1 N–H and O–H groups in total. The molecule has 0 bridgehead atoms. The number of benzene rings is 1. The lowest BCUT2D eigenvalue weighted by atomic mass is 9.91. The van der Waals surface area contributed by atoms with Crippen molar-refractivity contribution in [1.29, 1.82) is 5.26 Å². The normalized spacial score (nSPS) is 16.0. The van der Waals surface area contributed by atoms with Crippen molar-refractivity contribution in [1.82, 2.24) is 29.1 Å². The summed E-state index contributed by atoms with van der Waals surface area (Å²) in [6, 6.07) is 8.94. The number of aryl methyl sites for hydroxylation is 1. The molecule has 6 heterocycles. The van der Waals surface area contributed by atoms with Crippen molar-refractivity contribution in [2.45, 2.75) is 44.3 Å². The second-order valence-electron chi connectivity index (χ2n) is 13.5. The van der Waals surface area contributed by atoms with Gasteiger partial charge in [0.1, 0.15) is 28.8 Å². The molecule has 13 nitrogen and oxygen atoms in total. The van der Waals surface area contributed by atoms with Crippen molar-refractivity contribution in [3.05, 3.63) is 79.9 Å². The summed E-state index contributed by atoms with van der Waals surface area (Å²) in [7, 11) is -2.01. The number of carbonyl (C=O) groups is 1. The molecule has 1 aromatic carbocycles. The molecule has 4 aromatic heterocycles. The van der Waals surface area contributed by atoms with Gasteiger partial charge in [-0.15, -0.1) is 11.3 Å². The Morgan fingerprint density at radius 3 is 2.62 bits per heavy atom. The smallest absolute Gasteiger partial charge is 0.267 e. The number of nitriles is 1. The zero-order chi connectivity index (χ0) is 39.2. The van der Waals surface area contributed by atoms with Crippen LogP contribution in [0.3, 0.4) is 0 Å². The molecule has 0 unspecified atom stereocenters. The largest absolute Gasteiger partial charge is 0.377 e. The van der Waals surface area contributed by atoms with Crippen LogP contribution in [0.5, 0.6) is 0 Å². The lowest BCUT2D eigenvalue weighted by Gasteiger charge is -2.51. The average Bonchev–Trinajstić information content (AvgIpc) is 3.56. The van der Waals surface area contributed by atoms with E-state index in [1.807, 2.05) is 9.62 Å². The van der Waals surface area contributed by atoms with Crippen molar-refractivity contribution in [2.24, 2.45) is 0 Å². The van der Waals surface area contributed by atoms with Crippen LogP contribution in [0.25, 0.3) is 32.2 Å². The van der Waals surface area contributed by atoms with Crippen LogP contribution in [0.15, 0.2) is 46.8 Å². The van der Waals surface area contributed by atoms with Crippen LogP contribution >= 0.6 is 22.9 Å². The van der Waals surface area contributed by atoms with Gasteiger partial charge < -0.3 is 9.64 Å². The highest BCUT2D eigenvalue weighted by molar-refractivity contribution is 7.89. The zero-order valence-electron chi connectivity index (χ0n) is 29.8. The van der Waals surface area contributed by atoms with E-state index in [1.165, 1.54) is 33.7 Å². The van der Waals surface area contributed by atoms with Crippen molar-refractivity contribution >= 4 is 65.8 Å². The molecule has 5 aromatic rings. The van der Waals surface area contributed by atoms with E-state index in [-0.39, 0.29) is 47.8 Å². The van der Waals surface area contributed by atoms with Gasteiger partial charge in [-0.05, 0) is 44.0 Å². The van der Waals surface area contributed by atoms with E-state index in [0.29, 0.717) is 69.5 Å². The Morgan fingerprint density at radius 2 is 1.96 bits per heavy atom. The van der Waals surface area contributed by atoms with E-state index in [1.54, 1.807) is 43.1 Å². The molecule has 0 aliphatic carbocycles. The fourth-order valence-electron chi connectivity index (χ4n) is 7.09. The minimum Gasteiger partial charge on any atom is -0.377 e. The molecule has 2 fully saturated rings. The molecule has 18 heteroatoms. The van der Waals surface area contributed by atoms with E-state index >= 15 is 0 Å². The Balaban J connectivity index is 1.18. The predicted octanol–water partition coefficient (Wildman–Crippen LogP) is 4.58. The van der Waals surface area contributed by atoms with Crippen molar-refractivity contribution in [2.75, 3.05) is 44.5 Å². The molecule has 1 amide bonds. The van der Waals surface area contributed by atoms with Crippen LogP contribution < -0.4 is 15.2 Å². The second-order valence-corrected chi connectivity index (χ2v) is 16.6. The van der Waals surface area contributed by atoms with Gasteiger partial charge in [-0.1, -0.05) is 23.4 Å². The molecule has 284 valence electrons. The number of carbonyl (C=O) groups excluding carboxylic acids is 1. The topological polar surface area (TPSA) is 163 Å². The number of ether oxygens (including phenoxy) is 1. The number of sulfonamides is 1. The van der Waals surface area contributed by atoms with E-state index in [0.717, 1.165) is 6.26 Å². The minimum absolute atomic E-state index is 0.00179. The summed E-state index contributed by atoms with van der Waals surface area (Å²) in [5.41, 5.74) is 0.900. The standard InChI is InChI=1S/C37H33ClF2N8O5S2/c1-21-44-29-17-43-33(46(2)24-9-13-47(14-10-24)37(36(39)40)19-53-20-37)27(16-41)30(29)35(50)48(21)12-4-5-22-6-7-23(38)15-26(22)25-8-11-42-31-28(18-54-32(25)31)34(49)45-55(3,51)52/h6-8,11,15,17-18,24,36H,9-10,12-14,19-20H2,1-3H3,(H,45,49). The summed E-state index contributed by atoms with van der Waals surface area (Å²) < 4.78 is 60.3. The van der Waals surface area contributed by atoms with Gasteiger partial charge in [-0.25, -0.2) is 31.9 Å². The highest BCUT2D eigenvalue weighted by Gasteiger charge is 2.52. The van der Waals surface area contributed by atoms with Crippen molar-refractivity contribution in [3.63, 3.8) is 0 Å². The summed E-state index contributed by atoms with van der Waals surface area (Å²) >= 11 is 7.64. The van der Waals surface area contributed by atoms with Gasteiger partial charge in [0.15, 0.2) is 0 Å². The number of piperidine rings is 1. The molecular formula is C37H33ClF2N8O5S2. The number of rotatable bonds is 8. The first kappa shape index (κ1) is 38.2. The fourth-order valence-corrected chi connectivity index (χ4v) is 8.74. The van der Waals surface area contributed by atoms with E-state index in [4.69, 9.17) is 16.3 Å². The number of alkyl halides is 2. The summed E-state index contributed by atoms with van der Waals surface area (Å²) in [6.45, 7) is 2.47. The third kappa shape index (κ3) is 7.14. The quantitative estimate of drug-likeness (QED) is 0.219. The van der Waals surface area contributed by atoms with Crippen LogP contribution in [0.4, 0.5) is 14.6 Å². The first-order valence-electron chi connectivity index (χ1n) is 17.0. The average molecular weight is 807 g/mol. The monoisotopic (exact) mass is 806 g/mol. The summed E-state index contributed by atoms with van der Waals surface area (Å²) in [5, 5.41) is 12.4. The van der Waals surface area contributed by atoms with Gasteiger partial charge in [-0.3, -0.25) is 24.0 Å². The first-order valence-corrected chi connectivity index (χ1v) is 20.2. The van der Waals surface area contributed by atoms with E-state index < -0.39 is 33.5 Å². The van der Waals surface area contributed by atoms with E-state index in [9.17, 15) is 32.0 Å². The number of likely N-dealkylation sites (tertiary alicyclic amines) is 1. The number of fused-ring (bicyclic) bond motifs is 2. The molecular weight excluding hydrogens is 774 g/mol. The van der Waals surface area contributed by atoms with Gasteiger partial charge in [0, 0.05) is 59.5 Å². The number of nitrogens with zero attached hydrogens (tertiary/aromatic N) is 7. The molecule has 0 saturated carbocycles. The number of anilines is 1. The van der Waals surface area contributed by atoms with Crippen molar-refractivity contribution < 1.29 is 26.7 Å². The molecule has 2 saturated heterocycles. The van der Waals surface area contributed by atoms with E-state index in [2.05, 4.69) is 32.9 Å². The van der Waals surface area contributed by atoms with Crippen LogP contribution in [-0.2, 0) is 21.3 Å². The maximum absolute atomic E-state index is 14.1. The van der Waals surface area contributed by atoms with Gasteiger partial charge in [-0.2, -0.15) is 5.26 Å². The molecule has 2 aliphatic heterocycles. The van der Waals surface area contributed by atoms with Gasteiger partial charge in [0.25, 0.3) is 17.9 Å². The first-order chi connectivity index (χ1) is 26.2. The Morgan fingerprint density at radius 1 is 1.22 bits per heavy atom. The van der Waals surface area contributed by atoms with Crippen LogP contribution in [0.1, 0.15) is 40.2 Å². The number of halogens is 3. The van der Waals surface area contributed by atoms with Gasteiger partial charge >= 0.3 is 0 Å². The lowest BCUT2D eigenvalue weighted by Crippen LogP contribution is -2.68. The molecule has 0 radical (unpaired) electrons. The Hall–Kier alpha value is -5.04. The number of hydrogen-bond donors (Lipinski definition) is 1. The summed E-state index contributed by atoms with van der Waals surface area (Å²) in [5.74, 6) is 6.07. The SMILES string of the molecule is Cc1nc2cnc(N(C)C3CCN(C4(C(F)F)COC4)CC3)c(C#N)c2c(=O)n1CC#Cc1ccc(Cl)cc1-c1ccnc2c(C(=O)NS(C)(=O)=O)csc12. The maximum Gasteiger partial charge on any atom is 0.267 e. The number of nitrogens with one attached hydrogen (secondary N) is 1. The second kappa shape index (κ2) is 14.9. The molecule has 0 atom stereocenters. The van der Waals surface area contributed by atoms with Crippen molar-refractivity contribution in [3.8, 4) is 29.0 Å². The third-order valence-electron chi connectivity index (χ3n) is 10.1. The Labute approximate surface area is 323 Å². The number of hydrogen-bond acceptors (Lipinski definition) is 12. The maximum atomic E-state index is 14.1. The van der Waals surface area contributed by atoms with Gasteiger partial charge in [0.05, 0.1) is 58.9 Å². The Kier molecular flexibility index (Phi) is 10.4. The summed E-state index contributed by atoms with van der Waals surface area (Å²) in [6.07, 6.45) is 2.47. The highest BCUT2D eigenvalue weighted by Crippen LogP contribution is 2.38. The zero-order valence-corrected chi connectivity index (χ0v) is 32.2. The lowest BCUT2D eigenvalue weighted by molar-refractivity contribution is -0.206. The number of pyridine rings is 2. The fraction of sp³-hybridized carbons (Fsp3) is 0.351. The molecule has 0 spiro atoms. The number of aromatic nitrogens is 4. The molecule has 2 aliphatic rings. The number of amides is 1. The Bertz CT molecular complexity index is 2640. The van der Waals surface area contributed by atoms with Crippen LogP contribution in [-0.4, -0.2) is 96.4 Å². The molecule has 7 rings (SSSR count). The summed E-state index contributed by atoms with van der Waals surface area (Å²) in [4.78, 5) is 43.9. The predicted molar refractivity (Wildman–Crippen MR) is 205 cm³/mol. The highest BCUT2D eigenvalue weighted by atomic mass is 35.5. The minimum atomic E-state index is -3.80.